The van der Waals surface area contributed by atoms with Gasteiger partial charge in [-0.25, -0.2) is 4.39 Å². The Labute approximate surface area is 113 Å². The van der Waals surface area contributed by atoms with E-state index in [2.05, 4.69) is 15.9 Å². The molecule has 0 N–H and O–H groups in total. The number of hydrogen-bond donors (Lipinski definition) is 0. The van der Waals surface area contributed by atoms with Crippen molar-refractivity contribution in [3.05, 3.63) is 28.0 Å². The second-order valence-corrected chi connectivity index (χ2v) is 5.61. The average Bonchev–Trinajstić information content (AvgIpc) is 2.51. The molecule has 0 atom stereocenters. The summed E-state index contributed by atoms with van der Waals surface area (Å²) in [6, 6.07) is 2.61. The van der Waals surface area contributed by atoms with Gasteiger partial charge in [-0.05, 0) is 40.4 Å². The number of amides is 1. The van der Waals surface area contributed by atoms with E-state index in [4.69, 9.17) is 0 Å². The molecule has 2 rings (SSSR count). The molecular weight excluding hydrogens is 301 g/mol. The van der Waals surface area contributed by atoms with E-state index >= 15 is 0 Å². The quantitative estimate of drug-likeness (QED) is 0.804. The van der Waals surface area contributed by atoms with Gasteiger partial charge in [-0.15, -0.1) is 0 Å². The van der Waals surface area contributed by atoms with E-state index in [1.54, 1.807) is 0 Å². The molecule has 1 aliphatic rings. The Bertz CT molecular complexity index is 528. The molecule has 3 nitrogen and oxygen atoms in total. The summed E-state index contributed by atoms with van der Waals surface area (Å²) in [5, 5.41) is 0. The number of nitrogens with zero attached hydrogens (tertiary/aromatic N) is 1. The van der Waals surface area contributed by atoms with Crippen LogP contribution < -0.4 is 4.90 Å². The molecule has 1 aromatic carbocycles. The third-order valence-corrected chi connectivity index (χ3v) is 3.55. The summed E-state index contributed by atoms with van der Waals surface area (Å²) in [5.41, 5.74) is 0.656. The standard InChI is InChI=1S/C13H13BrFNO2/c1-7(2)3-4-16-11-6-10(15)9(14)5-8(11)12(17)13(16)18/h5-7H,3-4H2,1-2H3. The molecule has 1 aromatic rings. The van der Waals surface area contributed by atoms with E-state index in [1.165, 1.54) is 17.0 Å². The van der Waals surface area contributed by atoms with Gasteiger partial charge >= 0.3 is 0 Å². The maximum Gasteiger partial charge on any atom is 0.299 e. The number of carbonyl (C=O) groups is 2. The number of benzene rings is 1. The Balaban J connectivity index is 2.38. The molecule has 0 unspecified atom stereocenters. The molecule has 0 saturated carbocycles. The molecule has 96 valence electrons. The summed E-state index contributed by atoms with van der Waals surface area (Å²) < 4.78 is 13.7. The van der Waals surface area contributed by atoms with Crippen LogP contribution in [-0.4, -0.2) is 18.2 Å². The van der Waals surface area contributed by atoms with Crippen molar-refractivity contribution in [2.75, 3.05) is 11.4 Å². The lowest BCUT2D eigenvalue weighted by molar-refractivity contribution is -0.114. The van der Waals surface area contributed by atoms with Crippen molar-refractivity contribution in [2.24, 2.45) is 5.92 Å². The van der Waals surface area contributed by atoms with Crippen LogP contribution in [0.3, 0.4) is 0 Å². The lowest BCUT2D eigenvalue weighted by Crippen LogP contribution is -2.31. The zero-order valence-corrected chi connectivity index (χ0v) is 11.8. The van der Waals surface area contributed by atoms with Crippen molar-refractivity contribution >= 4 is 33.3 Å². The van der Waals surface area contributed by atoms with E-state index < -0.39 is 17.5 Å². The van der Waals surface area contributed by atoms with Gasteiger partial charge in [-0.3, -0.25) is 9.59 Å². The number of fused-ring (bicyclic) bond motifs is 1. The Hall–Kier alpha value is -1.23. The van der Waals surface area contributed by atoms with Crippen LogP contribution in [0.1, 0.15) is 30.6 Å². The minimum atomic E-state index is -0.567. The maximum atomic E-state index is 13.5. The van der Waals surface area contributed by atoms with Gasteiger partial charge in [0.25, 0.3) is 11.7 Å². The first-order valence-electron chi connectivity index (χ1n) is 5.77. The molecule has 1 heterocycles. The number of carbonyl (C=O) groups excluding carboxylic acids is 2. The molecule has 18 heavy (non-hydrogen) atoms. The highest BCUT2D eigenvalue weighted by atomic mass is 79.9. The van der Waals surface area contributed by atoms with Crippen molar-refractivity contribution in [2.45, 2.75) is 20.3 Å². The van der Waals surface area contributed by atoms with E-state index in [1.807, 2.05) is 13.8 Å². The molecule has 1 amide bonds. The van der Waals surface area contributed by atoms with Crippen molar-refractivity contribution in [1.82, 2.24) is 0 Å². The van der Waals surface area contributed by atoms with E-state index in [0.29, 0.717) is 18.2 Å². The van der Waals surface area contributed by atoms with Crippen molar-refractivity contribution < 1.29 is 14.0 Å². The summed E-state index contributed by atoms with van der Waals surface area (Å²) in [4.78, 5) is 25.0. The van der Waals surface area contributed by atoms with Gasteiger partial charge in [0, 0.05) is 6.54 Å². The molecule has 5 heteroatoms. The van der Waals surface area contributed by atoms with Crippen LogP contribution in [0.15, 0.2) is 16.6 Å². The number of rotatable bonds is 3. The predicted octanol–water partition coefficient (Wildman–Crippen LogP) is 3.16. The first-order valence-corrected chi connectivity index (χ1v) is 6.56. The van der Waals surface area contributed by atoms with Crippen LogP contribution in [0.2, 0.25) is 0 Å². The fourth-order valence-electron chi connectivity index (χ4n) is 1.90. The molecule has 0 bridgehead atoms. The minimum absolute atomic E-state index is 0.202. The van der Waals surface area contributed by atoms with Gasteiger partial charge in [0.2, 0.25) is 0 Å². The normalized spacial score (nSPS) is 14.6. The third kappa shape index (κ3) is 2.19. The van der Waals surface area contributed by atoms with Crippen LogP contribution in [0, 0.1) is 11.7 Å². The minimum Gasteiger partial charge on any atom is -0.305 e. The lowest BCUT2D eigenvalue weighted by atomic mass is 10.1. The van der Waals surface area contributed by atoms with Gasteiger partial charge < -0.3 is 4.90 Å². The van der Waals surface area contributed by atoms with Crippen molar-refractivity contribution in [3.8, 4) is 0 Å². The summed E-state index contributed by atoms with van der Waals surface area (Å²) in [5.74, 6) is -1.18. The Kier molecular flexibility index (Phi) is 3.52. The Morgan fingerprint density at radius 1 is 1.33 bits per heavy atom. The highest BCUT2D eigenvalue weighted by molar-refractivity contribution is 9.10. The smallest absolute Gasteiger partial charge is 0.299 e. The van der Waals surface area contributed by atoms with Gasteiger partial charge in [-0.2, -0.15) is 0 Å². The van der Waals surface area contributed by atoms with Crippen LogP contribution in [-0.2, 0) is 4.79 Å². The summed E-state index contributed by atoms with van der Waals surface area (Å²) in [6.45, 7) is 4.51. The van der Waals surface area contributed by atoms with Gasteiger partial charge in [0.05, 0.1) is 15.7 Å². The van der Waals surface area contributed by atoms with Crippen molar-refractivity contribution in [1.29, 1.82) is 0 Å². The van der Waals surface area contributed by atoms with Crippen LogP contribution in [0.25, 0.3) is 0 Å². The van der Waals surface area contributed by atoms with Crippen LogP contribution >= 0.6 is 15.9 Å². The summed E-state index contributed by atoms with van der Waals surface area (Å²) >= 11 is 3.02. The number of ketones is 1. The number of halogens is 2. The van der Waals surface area contributed by atoms with E-state index in [0.717, 1.165) is 6.42 Å². The number of anilines is 1. The Morgan fingerprint density at radius 2 is 2.00 bits per heavy atom. The molecule has 0 spiro atoms. The first-order chi connectivity index (χ1) is 8.41. The molecular formula is C13H13BrFNO2. The fraction of sp³-hybridized carbons (Fsp3) is 0.385. The zero-order chi connectivity index (χ0) is 13.4. The predicted molar refractivity (Wildman–Crippen MR) is 70.2 cm³/mol. The number of hydrogen-bond acceptors (Lipinski definition) is 2. The molecule has 0 fully saturated rings. The maximum absolute atomic E-state index is 13.5. The monoisotopic (exact) mass is 313 g/mol. The zero-order valence-electron chi connectivity index (χ0n) is 10.2. The first kappa shape index (κ1) is 13.2. The highest BCUT2D eigenvalue weighted by Crippen LogP contribution is 2.33. The van der Waals surface area contributed by atoms with Gasteiger partial charge in [0.1, 0.15) is 5.82 Å². The van der Waals surface area contributed by atoms with Crippen LogP contribution in [0.5, 0.6) is 0 Å². The SMILES string of the molecule is CC(C)CCN1C(=O)C(=O)c2cc(Br)c(F)cc21. The van der Waals surface area contributed by atoms with E-state index in [9.17, 15) is 14.0 Å². The molecule has 0 saturated heterocycles. The lowest BCUT2D eigenvalue weighted by Gasteiger charge is -2.17. The van der Waals surface area contributed by atoms with Crippen LogP contribution in [0.4, 0.5) is 10.1 Å². The molecule has 1 aliphatic heterocycles. The fourth-order valence-corrected chi connectivity index (χ4v) is 2.24. The second-order valence-electron chi connectivity index (χ2n) is 4.75. The highest BCUT2D eigenvalue weighted by Gasteiger charge is 2.36. The van der Waals surface area contributed by atoms with Gasteiger partial charge in [-0.1, -0.05) is 13.8 Å². The van der Waals surface area contributed by atoms with E-state index in [-0.39, 0.29) is 10.0 Å². The average molecular weight is 314 g/mol. The molecule has 0 radical (unpaired) electrons. The second kappa shape index (κ2) is 4.80. The largest absolute Gasteiger partial charge is 0.305 e. The number of Topliss-reactive ketones (excluding diaryl/α,β-unsaturated/α-hetero) is 1. The topological polar surface area (TPSA) is 37.4 Å². The Morgan fingerprint density at radius 3 is 2.61 bits per heavy atom. The third-order valence-electron chi connectivity index (χ3n) is 2.94. The van der Waals surface area contributed by atoms with Crippen molar-refractivity contribution in [3.63, 3.8) is 0 Å². The summed E-state index contributed by atoms with van der Waals surface area (Å²) in [6.07, 6.45) is 0.774. The van der Waals surface area contributed by atoms with Gasteiger partial charge in [0.15, 0.2) is 0 Å². The molecule has 0 aliphatic carbocycles. The summed E-state index contributed by atoms with van der Waals surface area (Å²) in [7, 11) is 0. The molecule has 0 aromatic heterocycles.